The number of carbonyl (C=O) groups excluding carboxylic acids is 3. The minimum Gasteiger partial charge on any atom is -0.462 e. The van der Waals surface area contributed by atoms with Gasteiger partial charge < -0.3 is 14.2 Å². The maximum absolute atomic E-state index is 12.8. The van der Waals surface area contributed by atoms with Crippen LogP contribution in [0.15, 0.2) is 85.1 Å². The monoisotopic (exact) mass is 919 g/mol. The van der Waals surface area contributed by atoms with E-state index in [4.69, 9.17) is 14.2 Å². The van der Waals surface area contributed by atoms with Gasteiger partial charge in [0.15, 0.2) is 6.10 Å². The van der Waals surface area contributed by atoms with Crippen LogP contribution in [0.4, 0.5) is 0 Å². The fourth-order valence-corrected chi connectivity index (χ4v) is 7.48. The number of hydrogen-bond acceptors (Lipinski definition) is 6. The van der Waals surface area contributed by atoms with Gasteiger partial charge in [-0.25, -0.2) is 0 Å². The molecule has 1 atom stereocenters. The Labute approximate surface area is 407 Å². The second-order valence-corrected chi connectivity index (χ2v) is 18.1. The maximum atomic E-state index is 12.8. The van der Waals surface area contributed by atoms with E-state index in [0.717, 1.165) is 83.5 Å². The Morgan fingerprint density at radius 2 is 0.621 bits per heavy atom. The van der Waals surface area contributed by atoms with Gasteiger partial charge in [-0.3, -0.25) is 14.4 Å². The van der Waals surface area contributed by atoms with Crippen molar-refractivity contribution in [2.75, 3.05) is 13.2 Å². The first kappa shape index (κ1) is 62.6. The molecule has 0 aromatic rings. The van der Waals surface area contributed by atoms with Crippen molar-refractivity contribution in [2.45, 2.75) is 264 Å². The van der Waals surface area contributed by atoms with E-state index in [-0.39, 0.29) is 37.5 Å². The molecule has 378 valence electrons. The summed E-state index contributed by atoms with van der Waals surface area (Å²) in [5.41, 5.74) is 0. The summed E-state index contributed by atoms with van der Waals surface area (Å²) in [5, 5.41) is 0. The van der Waals surface area contributed by atoms with Crippen LogP contribution < -0.4 is 0 Å². The highest BCUT2D eigenvalue weighted by Crippen LogP contribution is 2.14. The quantitative estimate of drug-likeness (QED) is 0.0262. The molecule has 0 aliphatic carbocycles. The molecule has 0 bridgehead atoms. The molecule has 0 fully saturated rings. The van der Waals surface area contributed by atoms with Gasteiger partial charge in [0.1, 0.15) is 13.2 Å². The van der Waals surface area contributed by atoms with Crippen LogP contribution in [0.25, 0.3) is 0 Å². The van der Waals surface area contributed by atoms with E-state index in [9.17, 15) is 14.4 Å². The van der Waals surface area contributed by atoms with E-state index in [2.05, 4.69) is 99.8 Å². The van der Waals surface area contributed by atoms with Crippen LogP contribution in [-0.2, 0) is 28.6 Å². The van der Waals surface area contributed by atoms with Gasteiger partial charge in [-0.15, -0.1) is 0 Å². The summed E-state index contributed by atoms with van der Waals surface area (Å²) in [5.74, 6) is -1.000. The third-order valence-corrected chi connectivity index (χ3v) is 11.6. The number of esters is 3. The van der Waals surface area contributed by atoms with Crippen molar-refractivity contribution in [3.8, 4) is 0 Å². The highest BCUT2D eigenvalue weighted by atomic mass is 16.6. The number of unbranched alkanes of at least 4 members (excludes halogenated alkanes) is 24. The van der Waals surface area contributed by atoms with E-state index >= 15 is 0 Å². The van der Waals surface area contributed by atoms with Crippen LogP contribution in [0.2, 0.25) is 0 Å². The molecule has 0 aliphatic rings. The van der Waals surface area contributed by atoms with Crippen molar-refractivity contribution in [3.05, 3.63) is 85.1 Å². The van der Waals surface area contributed by atoms with Crippen LogP contribution in [0, 0.1) is 0 Å². The zero-order valence-electron chi connectivity index (χ0n) is 43.2. The van der Waals surface area contributed by atoms with Crippen molar-refractivity contribution in [2.24, 2.45) is 0 Å². The van der Waals surface area contributed by atoms with Crippen LogP contribution >= 0.6 is 0 Å². The second kappa shape index (κ2) is 54.2. The molecule has 6 heteroatoms. The molecule has 0 saturated carbocycles. The van der Waals surface area contributed by atoms with E-state index < -0.39 is 6.10 Å². The molecule has 6 nitrogen and oxygen atoms in total. The first-order chi connectivity index (χ1) is 32.5. The van der Waals surface area contributed by atoms with Gasteiger partial charge in [0.25, 0.3) is 0 Å². The van der Waals surface area contributed by atoms with Crippen molar-refractivity contribution in [1.29, 1.82) is 0 Å². The van der Waals surface area contributed by atoms with Gasteiger partial charge in [0.05, 0.1) is 0 Å². The number of rotatable bonds is 49. The number of allylic oxidation sites excluding steroid dienone is 14. The lowest BCUT2D eigenvalue weighted by molar-refractivity contribution is -0.166. The lowest BCUT2D eigenvalue weighted by Gasteiger charge is -2.18. The van der Waals surface area contributed by atoms with Crippen molar-refractivity contribution < 1.29 is 28.6 Å². The number of ether oxygens (including phenoxy) is 3. The molecule has 0 saturated heterocycles. The minimum absolute atomic E-state index is 0.104. The van der Waals surface area contributed by atoms with Gasteiger partial charge in [0.2, 0.25) is 0 Å². The zero-order chi connectivity index (χ0) is 47.9. The van der Waals surface area contributed by atoms with Crippen molar-refractivity contribution >= 4 is 17.9 Å². The Morgan fingerprint density at radius 3 is 1.03 bits per heavy atom. The molecule has 1 unspecified atom stereocenters. The summed E-state index contributed by atoms with van der Waals surface area (Å²) in [7, 11) is 0. The lowest BCUT2D eigenvalue weighted by Crippen LogP contribution is -2.30. The molecular weight excluding hydrogens is 817 g/mol. The molecule has 0 aromatic heterocycles. The first-order valence-electron chi connectivity index (χ1n) is 27.6. The third-order valence-electron chi connectivity index (χ3n) is 11.6. The standard InChI is InChI=1S/C60H102O6/c1-4-7-10-13-16-19-22-25-27-28-29-30-31-32-33-36-38-41-44-47-50-53-59(62)65-56-57(55-64-58(61)52-49-46-43-40-37-34-24-21-18-15-12-9-6-3)66-60(63)54-51-48-45-42-39-35-26-23-20-17-14-11-8-5-2/h9,12,18,21-23,25-26,28-29,34,37,43,46,57H,4-8,10-11,13-17,19-20,24,27,30-33,35-36,38-42,44-45,47-56H2,1-3H3/b12-9-,21-18-,25-22-,26-23-,29-28-,37-34-,46-43-. The highest BCUT2D eigenvalue weighted by molar-refractivity contribution is 5.71. The summed E-state index contributed by atoms with van der Waals surface area (Å²) in [6.45, 7) is 6.43. The summed E-state index contributed by atoms with van der Waals surface area (Å²) in [6, 6.07) is 0. The largest absolute Gasteiger partial charge is 0.462 e. The predicted molar refractivity (Wildman–Crippen MR) is 284 cm³/mol. The Balaban J connectivity index is 4.41. The highest BCUT2D eigenvalue weighted by Gasteiger charge is 2.19. The average molecular weight is 919 g/mol. The normalized spacial score (nSPS) is 12.7. The van der Waals surface area contributed by atoms with Crippen molar-refractivity contribution in [3.63, 3.8) is 0 Å². The zero-order valence-corrected chi connectivity index (χ0v) is 43.2. The van der Waals surface area contributed by atoms with Gasteiger partial charge in [-0.05, 0) is 103 Å². The maximum Gasteiger partial charge on any atom is 0.306 e. The van der Waals surface area contributed by atoms with E-state index in [0.29, 0.717) is 19.3 Å². The molecule has 0 aliphatic heterocycles. The van der Waals surface area contributed by atoms with E-state index in [1.54, 1.807) is 0 Å². The fraction of sp³-hybridized carbons (Fsp3) is 0.717. The van der Waals surface area contributed by atoms with Crippen LogP contribution in [0.3, 0.4) is 0 Å². The molecule has 66 heavy (non-hydrogen) atoms. The Kier molecular flexibility index (Phi) is 51.4. The van der Waals surface area contributed by atoms with Crippen LogP contribution in [0.5, 0.6) is 0 Å². The van der Waals surface area contributed by atoms with Gasteiger partial charge in [-0.1, -0.05) is 221 Å². The average Bonchev–Trinajstić information content (AvgIpc) is 3.31. The molecule has 0 amide bonds. The molecule has 0 rings (SSSR count). The molecule has 0 radical (unpaired) electrons. The molecule has 0 spiro atoms. The van der Waals surface area contributed by atoms with Gasteiger partial charge >= 0.3 is 17.9 Å². The molecular formula is C60H102O6. The Bertz CT molecular complexity index is 1290. The van der Waals surface area contributed by atoms with E-state index in [1.807, 2.05) is 6.08 Å². The van der Waals surface area contributed by atoms with E-state index in [1.165, 1.54) is 128 Å². The van der Waals surface area contributed by atoms with Crippen LogP contribution in [-0.4, -0.2) is 37.2 Å². The van der Waals surface area contributed by atoms with Crippen molar-refractivity contribution in [1.82, 2.24) is 0 Å². The Morgan fingerprint density at radius 1 is 0.318 bits per heavy atom. The summed E-state index contributed by atoms with van der Waals surface area (Å²) >= 11 is 0. The van der Waals surface area contributed by atoms with Gasteiger partial charge in [0, 0.05) is 19.3 Å². The summed E-state index contributed by atoms with van der Waals surface area (Å²) in [4.78, 5) is 38.0. The Hall–Kier alpha value is -3.41. The third kappa shape index (κ3) is 51.6. The first-order valence-corrected chi connectivity index (χ1v) is 27.6. The topological polar surface area (TPSA) is 78.9 Å². The second-order valence-electron chi connectivity index (χ2n) is 18.1. The summed E-state index contributed by atoms with van der Waals surface area (Å²) in [6.07, 6.45) is 70.1. The lowest BCUT2D eigenvalue weighted by atomic mass is 10.1. The van der Waals surface area contributed by atoms with Gasteiger partial charge in [-0.2, -0.15) is 0 Å². The predicted octanol–water partition coefficient (Wildman–Crippen LogP) is 18.4. The smallest absolute Gasteiger partial charge is 0.306 e. The number of carbonyl (C=O) groups is 3. The van der Waals surface area contributed by atoms with Crippen LogP contribution in [0.1, 0.15) is 258 Å². The summed E-state index contributed by atoms with van der Waals surface area (Å²) < 4.78 is 16.7. The molecule has 0 aromatic carbocycles. The number of hydrogen-bond donors (Lipinski definition) is 0. The molecule has 0 heterocycles. The minimum atomic E-state index is -0.811. The molecule has 0 N–H and O–H groups in total. The SMILES string of the molecule is CC/C=C\C/C=C\C/C=C\C/C=C\CCC(=O)OCC(COC(=O)CCCCCCCCCCC/C=C\C/C=C\CCCCCCC)OC(=O)CCCCCCC/C=C\CCCCCCC. The fourth-order valence-electron chi connectivity index (χ4n) is 7.48.